The Bertz CT molecular complexity index is 1250. The maximum absolute atomic E-state index is 12.8. The van der Waals surface area contributed by atoms with Crippen LogP contribution in [-0.4, -0.2) is 23.3 Å². The summed E-state index contributed by atoms with van der Waals surface area (Å²) in [6.45, 7) is -0.211. The van der Waals surface area contributed by atoms with Crippen LogP contribution in [0, 0.1) is 10.1 Å². The largest absolute Gasteiger partial charge is 0.465 e. The van der Waals surface area contributed by atoms with Crippen molar-refractivity contribution in [3.8, 4) is 11.5 Å². The Hall–Kier alpha value is -3.92. The van der Waals surface area contributed by atoms with E-state index in [2.05, 4.69) is 0 Å². The highest BCUT2D eigenvalue weighted by Crippen LogP contribution is 2.37. The standard InChI is InChI=1S/C24H17ClF3NO6/c25-19-14-17(24(26,27)28)6-9-22(19)35-18-7-8-20(29(32)33)16(12-18)13-23(31)34-11-10-21(30)15-4-2-1-3-5-15/h1-9,12,14H,10-11,13H2. The molecule has 0 aliphatic heterocycles. The Morgan fingerprint density at radius 1 is 1.00 bits per heavy atom. The van der Waals surface area contributed by atoms with Gasteiger partial charge >= 0.3 is 12.1 Å². The zero-order chi connectivity index (χ0) is 25.6. The van der Waals surface area contributed by atoms with E-state index in [1.54, 1.807) is 30.3 Å². The number of benzene rings is 3. The van der Waals surface area contributed by atoms with Gasteiger partial charge in [0.05, 0.1) is 28.5 Å². The Morgan fingerprint density at radius 2 is 1.71 bits per heavy atom. The lowest BCUT2D eigenvalue weighted by Crippen LogP contribution is -2.13. The van der Waals surface area contributed by atoms with Crippen molar-refractivity contribution in [1.29, 1.82) is 0 Å². The van der Waals surface area contributed by atoms with Gasteiger partial charge in [-0.15, -0.1) is 0 Å². The van der Waals surface area contributed by atoms with Gasteiger partial charge in [0.1, 0.15) is 11.5 Å². The first-order valence-corrected chi connectivity index (χ1v) is 10.5. The predicted octanol–water partition coefficient (Wildman–Crippen LogP) is 6.42. The number of ketones is 1. The molecule has 0 heterocycles. The minimum Gasteiger partial charge on any atom is -0.465 e. The molecule has 3 aromatic rings. The number of carbonyl (C=O) groups is 2. The van der Waals surface area contributed by atoms with Crippen LogP contribution in [0.4, 0.5) is 18.9 Å². The van der Waals surface area contributed by atoms with E-state index in [1.165, 1.54) is 12.1 Å². The number of hydrogen-bond acceptors (Lipinski definition) is 6. The smallest absolute Gasteiger partial charge is 0.416 e. The zero-order valence-electron chi connectivity index (χ0n) is 17.9. The van der Waals surface area contributed by atoms with E-state index in [0.29, 0.717) is 11.6 Å². The van der Waals surface area contributed by atoms with Crippen LogP contribution in [0.15, 0.2) is 66.7 Å². The highest BCUT2D eigenvalue weighted by molar-refractivity contribution is 6.32. The average Bonchev–Trinajstić information content (AvgIpc) is 2.80. The van der Waals surface area contributed by atoms with Crippen molar-refractivity contribution in [3.63, 3.8) is 0 Å². The van der Waals surface area contributed by atoms with Gasteiger partial charge in [-0.25, -0.2) is 0 Å². The van der Waals surface area contributed by atoms with Gasteiger partial charge in [0.15, 0.2) is 5.78 Å². The number of rotatable bonds is 9. The summed E-state index contributed by atoms with van der Waals surface area (Å²) in [4.78, 5) is 35.0. The monoisotopic (exact) mass is 507 g/mol. The second-order valence-corrected chi connectivity index (χ2v) is 7.64. The van der Waals surface area contributed by atoms with Crippen molar-refractivity contribution in [1.82, 2.24) is 0 Å². The van der Waals surface area contributed by atoms with E-state index in [1.807, 2.05) is 0 Å². The molecule has 0 amide bonds. The van der Waals surface area contributed by atoms with Gasteiger partial charge in [0.2, 0.25) is 0 Å². The summed E-state index contributed by atoms with van der Waals surface area (Å²) >= 11 is 5.88. The van der Waals surface area contributed by atoms with Crippen molar-refractivity contribution < 1.29 is 37.2 Å². The number of nitrogens with zero attached hydrogens (tertiary/aromatic N) is 1. The molecule has 0 aromatic heterocycles. The molecule has 0 saturated heterocycles. The fraction of sp³-hybridized carbons (Fsp3) is 0.167. The van der Waals surface area contributed by atoms with Crippen LogP contribution < -0.4 is 4.74 Å². The highest BCUT2D eigenvalue weighted by atomic mass is 35.5. The molecule has 0 spiro atoms. The third-order valence-corrected chi connectivity index (χ3v) is 5.05. The van der Waals surface area contributed by atoms with E-state index in [4.69, 9.17) is 21.1 Å². The van der Waals surface area contributed by atoms with Crippen molar-refractivity contribution >= 4 is 29.0 Å². The molecule has 182 valence electrons. The number of ether oxygens (including phenoxy) is 2. The quantitative estimate of drug-likeness (QED) is 0.143. The van der Waals surface area contributed by atoms with E-state index in [0.717, 1.165) is 18.2 Å². The van der Waals surface area contributed by atoms with Gasteiger partial charge in [-0.1, -0.05) is 41.9 Å². The van der Waals surface area contributed by atoms with Crippen LogP contribution in [0.1, 0.15) is 27.9 Å². The number of carbonyl (C=O) groups excluding carboxylic acids is 2. The number of nitro benzene ring substituents is 1. The number of alkyl halides is 3. The molecule has 3 aromatic carbocycles. The van der Waals surface area contributed by atoms with Gasteiger partial charge in [0.25, 0.3) is 5.69 Å². The molecule has 0 saturated carbocycles. The van der Waals surface area contributed by atoms with Crippen LogP contribution in [-0.2, 0) is 22.1 Å². The van der Waals surface area contributed by atoms with E-state index < -0.39 is 29.1 Å². The molecule has 0 bridgehead atoms. The van der Waals surface area contributed by atoms with Crippen LogP contribution in [0.25, 0.3) is 0 Å². The third kappa shape index (κ3) is 7.03. The number of halogens is 4. The zero-order valence-corrected chi connectivity index (χ0v) is 18.6. The van der Waals surface area contributed by atoms with Gasteiger partial charge in [-0.05, 0) is 30.3 Å². The summed E-state index contributed by atoms with van der Waals surface area (Å²) in [7, 11) is 0. The van der Waals surface area contributed by atoms with E-state index >= 15 is 0 Å². The topological polar surface area (TPSA) is 95.7 Å². The molecule has 0 atom stereocenters. The highest BCUT2D eigenvalue weighted by Gasteiger charge is 2.31. The maximum Gasteiger partial charge on any atom is 0.416 e. The fourth-order valence-corrected chi connectivity index (χ4v) is 3.28. The number of nitro groups is 1. The van der Waals surface area contributed by atoms with E-state index in [-0.39, 0.29) is 46.6 Å². The second kappa shape index (κ2) is 11.0. The first-order chi connectivity index (χ1) is 16.5. The fourth-order valence-electron chi connectivity index (χ4n) is 3.06. The normalized spacial score (nSPS) is 11.1. The van der Waals surface area contributed by atoms with Crippen molar-refractivity contribution in [2.75, 3.05) is 6.61 Å². The molecular formula is C24H17ClF3NO6. The second-order valence-electron chi connectivity index (χ2n) is 7.23. The molecule has 3 rings (SSSR count). The summed E-state index contributed by atoms with van der Waals surface area (Å²) in [6, 6.07) is 14.4. The van der Waals surface area contributed by atoms with Crippen LogP contribution in [0.2, 0.25) is 5.02 Å². The molecule has 0 aliphatic carbocycles. The summed E-state index contributed by atoms with van der Waals surface area (Å²) in [5, 5.41) is 11.0. The molecule has 11 heteroatoms. The summed E-state index contributed by atoms with van der Waals surface area (Å²) < 4.78 is 49.0. The maximum atomic E-state index is 12.8. The molecular weight excluding hydrogens is 491 g/mol. The molecule has 0 fully saturated rings. The number of esters is 1. The van der Waals surface area contributed by atoms with Gasteiger partial charge in [0, 0.05) is 23.6 Å². The summed E-state index contributed by atoms with van der Waals surface area (Å²) in [6.07, 6.45) is -5.14. The SMILES string of the molecule is O=C(Cc1cc(Oc2ccc(C(F)(F)F)cc2Cl)ccc1[N+](=O)[O-])OCCC(=O)c1ccccc1. The number of Topliss-reactive ketones (excluding diaryl/α,β-unsaturated/α-hetero) is 1. The summed E-state index contributed by atoms with van der Waals surface area (Å²) in [5.41, 5.74) is -0.929. The van der Waals surface area contributed by atoms with Crippen molar-refractivity contribution in [3.05, 3.63) is 98.6 Å². The van der Waals surface area contributed by atoms with Crippen LogP contribution >= 0.6 is 11.6 Å². The first-order valence-electron chi connectivity index (χ1n) is 10.1. The first kappa shape index (κ1) is 25.7. The predicted molar refractivity (Wildman–Crippen MR) is 120 cm³/mol. The summed E-state index contributed by atoms with van der Waals surface area (Å²) in [5.74, 6) is -1.13. The molecule has 7 nitrogen and oxygen atoms in total. The molecule has 0 unspecified atom stereocenters. The van der Waals surface area contributed by atoms with Crippen molar-refractivity contribution in [2.45, 2.75) is 19.0 Å². The van der Waals surface area contributed by atoms with Crippen LogP contribution in [0.5, 0.6) is 11.5 Å². The molecule has 35 heavy (non-hydrogen) atoms. The lowest BCUT2D eigenvalue weighted by Gasteiger charge is -2.12. The lowest BCUT2D eigenvalue weighted by molar-refractivity contribution is -0.385. The molecule has 0 aliphatic rings. The molecule has 0 radical (unpaired) electrons. The van der Waals surface area contributed by atoms with Gasteiger partial charge < -0.3 is 9.47 Å². The minimum absolute atomic E-state index is 0.0133. The average molecular weight is 508 g/mol. The van der Waals surface area contributed by atoms with Gasteiger partial charge in [-0.2, -0.15) is 13.2 Å². The third-order valence-electron chi connectivity index (χ3n) is 4.76. The Morgan fingerprint density at radius 3 is 2.34 bits per heavy atom. The Balaban J connectivity index is 1.68. The lowest BCUT2D eigenvalue weighted by atomic mass is 10.1. The van der Waals surface area contributed by atoms with E-state index in [9.17, 15) is 32.9 Å². The minimum atomic E-state index is -4.59. The van der Waals surface area contributed by atoms with Crippen molar-refractivity contribution in [2.24, 2.45) is 0 Å². The Labute approximate surface area is 202 Å². The number of hydrogen-bond donors (Lipinski definition) is 0. The molecule has 0 N–H and O–H groups in total. The van der Waals surface area contributed by atoms with Crippen LogP contribution in [0.3, 0.4) is 0 Å². The van der Waals surface area contributed by atoms with Gasteiger partial charge in [-0.3, -0.25) is 19.7 Å². The Kier molecular flexibility index (Phi) is 8.08.